The topological polar surface area (TPSA) is 65.8 Å². The molecule has 1 aromatic heterocycles. The van der Waals surface area contributed by atoms with E-state index in [9.17, 15) is 14.7 Å². The number of benzene rings is 2. The van der Waals surface area contributed by atoms with Crippen molar-refractivity contribution >= 4 is 34.3 Å². The standard InChI is InChI=1S/C24H24ClN3O3/c1-26-9-6-17-14-16(3-5-21(17)26)19-4-2-18(15-20(19)25)22(29)27-10-12-28(13-11-27)23(30)24(31)7-8-24/h2-6,9,14-15,31H,7-8,10-13H2,1H3. The molecule has 1 N–H and O–H groups in total. The van der Waals surface area contributed by atoms with Gasteiger partial charge >= 0.3 is 0 Å². The van der Waals surface area contributed by atoms with Gasteiger partial charge in [-0.2, -0.15) is 0 Å². The average Bonchev–Trinajstić information content (AvgIpc) is 3.44. The van der Waals surface area contributed by atoms with Gasteiger partial charge in [0.25, 0.3) is 11.8 Å². The molecule has 2 fully saturated rings. The first kappa shape index (κ1) is 20.1. The van der Waals surface area contributed by atoms with Crippen LogP contribution in [0.5, 0.6) is 0 Å². The Morgan fingerprint density at radius 1 is 0.968 bits per heavy atom. The molecule has 2 aliphatic rings. The maximum absolute atomic E-state index is 13.0. The smallest absolute Gasteiger partial charge is 0.254 e. The zero-order valence-electron chi connectivity index (χ0n) is 17.3. The maximum atomic E-state index is 13.0. The molecule has 31 heavy (non-hydrogen) atoms. The molecule has 3 aromatic rings. The summed E-state index contributed by atoms with van der Waals surface area (Å²) >= 11 is 6.57. The van der Waals surface area contributed by atoms with E-state index in [4.69, 9.17) is 11.6 Å². The van der Waals surface area contributed by atoms with Crippen molar-refractivity contribution in [1.82, 2.24) is 14.4 Å². The summed E-state index contributed by atoms with van der Waals surface area (Å²) in [6.07, 6.45) is 3.09. The Labute approximate surface area is 185 Å². The summed E-state index contributed by atoms with van der Waals surface area (Å²) in [5.41, 5.74) is 2.43. The molecule has 0 bridgehead atoms. The van der Waals surface area contributed by atoms with Crippen LogP contribution in [0.3, 0.4) is 0 Å². The third kappa shape index (κ3) is 3.60. The Hall–Kier alpha value is -2.83. The highest BCUT2D eigenvalue weighted by Crippen LogP contribution is 2.37. The van der Waals surface area contributed by atoms with Gasteiger partial charge in [0.15, 0.2) is 0 Å². The molecular weight excluding hydrogens is 414 g/mol. The van der Waals surface area contributed by atoms with Gasteiger partial charge in [-0.25, -0.2) is 0 Å². The van der Waals surface area contributed by atoms with Crippen molar-refractivity contribution in [2.45, 2.75) is 18.4 Å². The van der Waals surface area contributed by atoms with Gasteiger partial charge in [-0.15, -0.1) is 0 Å². The van der Waals surface area contributed by atoms with E-state index in [0.29, 0.717) is 49.6 Å². The lowest BCUT2D eigenvalue weighted by Gasteiger charge is -2.35. The molecule has 7 heteroatoms. The highest BCUT2D eigenvalue weighted by atomic mass is 35.5. The predicted molar refractivity (Wildman–Crippen MR) is 120 cm³/mol. The van der Waals surface area contributed by atoms with Crippen molar-refractivity contribution in [1.29, 1.82) is 0 Å². The predicted octanol–water partition coefficient (Wildman–Crippen LogP) is 3.31. The second-order valence-electron chi connectivity index (χ2n) is 8.51. The van der Waals surface area contributed by atoms with Crippen LogP contribution in [0.2, 0.25) is 5.02 Å². The summed E-state index contributed by atoms with van der Waals surface area (Å²) in [5, 5.41) is 11.7. The van der Waals surface area contributed by atoms with Crippen LogP contribution in [0.25, 0.3) is 22.0 Å². The third-order valence-corrected chi connectivity index (χ3v) is 6.70. The summed E-state index contributed by atoms with van der Waals surface area (Å²) in [7, 11) is 2.01. The highest BCUT2D eigenvalue weighted by molar-refractivity contribution is 6.33. The summed E-state index contributed by atoms with van der Waals surface area (Å²) < 4.78 is 2.07. The fourth-order valence-electron chi connectivity index (χ4n) is 4.25. The molecule has 2 amide bonds. The number of halogens is 1. The molecule has 6 nitrogen and oxygen atoms in total. The first-order chi connectivity index (χ1) is 14.9. The first-order valence-corrected chi connectivity index (χ1v) is 10.9. The van der Waals surface area contributed by atoms with Crippen molar-refractivity contribution in [3.8, 4) is 11.1 Å². The minimum atomic E-state index is -1.15. The zero-order valence-corrected chi connectivity index (χ0v) is 18.1. The largest absolute Gasteiger partial charge is 0.380 e. The van der Waals surface area contributed by atoms with Crippen LogP contribution in [-0.4, -0.2) is 63.1 Å². The van der Waals surface area contributed by atoms with Gasteiger partial charge < -0.3 is 19.5 Å². The Morgan fingerprint density at radius 3 is 2.35 bits per heavy atom. The minimum Gasteiger partial charge on any atom is -0.380 e. The summed E-state index contributed by atoms with van der Waals surface area (Å²) in [6, 6.07) is 13.7. The lowest BCUT2D eigenvalue weighted by atomic mass is 10.0. The highest BCUT2D eigenvalue weighted by Gasteiger charge is 2.50. The van der Waals surface area contributed by atoms with Crippen LogP contribution in [-0.2, 0) is 11.8 Å². The van der Waals surface area contributed by atoms with Crippen LogP contribution in [0.15, 0.2) is 48.7 Å². The van der Waals surface area contributed by atoms with E-state index in [-0.39, 0.29) is 11.8 Å². The van der Waals surface area contributed by atoms with Crippen molar-refractivity contribution < 1.29 is 14.7 Å². The number of aromatic nitrogens is 1. The summed E-state index contributed by atoms with van der Waals surface area (Å²) in [5.74, 6) is -0.299. The van der Waals surface area contributed by atoms with Crippen molar-refractivity contribution in [2.24, 2.45) is 7.05 Å². The molecule has 1 aliphatic carbocycles. The van der Waals surface area contributed by atoms with E-state index in [1.165, 1.54) is 0 Å². The molecular formula is C24H24ClN3O3. The third-order valence-electron chi connectivity index (χ3n) is 6.39. The number of aliphatic hydroxyl groups is 1. The SMILES string of the molecule is Cn1ccc2cc(-c3ccc(C(=O)N4CCN(C(=O)C5(O)CC5)CC4)cc3Cl)ccc21. The number of fused-ring (bicyclic) bond motifs is 1. The van der Waals surface area contributed by atoms with Crippen LogP contribution < -0.4 is 0 Å². The lowest BCUT2D eigenvalue weighted by Crippen LogP contribution is -2.53. The molecule has 0 spiro atoms. The monoisotopic (exact) mass is 437 g/mol. The fourth-order valence-corrected chi connectivity index (χ4v) is 4.54. The van der Waals surface area contributed by atoms with Crippen LogP contribution in [0.1, 0.15) is 23.2 Å². The van der Waals surface area contributed by atoms with E-state index in [2.05, 4.69) is 22.8 Å². The van der Waals surface area contributed by atoms with E-state index in [1.807, 2.05) is 31.4 Å². The van der Waals surface area contributed by atoms with Gasteiger partial charge in [-0.05, 0) is 48.7 Å². The Morgan fingerprint density at radius 2 is 1.68 bits per heavy atom. The Kier molecular flexibility index (Phi) is 4.79. The first-order valence-electron chi connectivity index (χ1n) is 10.5. The van der Waals surface area contributed by atoms with Crippen molar-refractivity contribution in [2.75, 3.05) is 26.2 Å². The van der Waals surface area contributed by atoms with Crippen LogP contribution in [0.4, 0.5) is 0 Å². The number of hydrogen-bond acceptors (Lipinski definition) is 3. The van der Waals surface area contributed by atoms with Gasteiger partial charge in [0.1, 0.15) is 5.60 Å². The van der Waals surface area contributed by atoms with Gasteiger partial charge in [0, 0.05) is 66.5 Å². The number of hydrogen-bond donors (Lipinski definition) is 1. The van der Waals surface area contributed by atoms with E-state index >= 15 is 0 Å². The second-order valence-corrected chi connectivity index (χ2v) is 8.92. The average molecular weight is 438 g/mol. The number of rotatable bonds is 3. The lowest BCUT2D eigenvalue weighted by molar-refractivity contribution is -0.143. The van der Waals surface area contributed by atoms with Gasteiger partial charge in [-0.1, -0.05) is 23.7 Å². The number of aryl methyl sites for hydroxylation is 1. The quantitative estimate of drug-likeness (QED) is 0.683. The molecule has 0 unspecified atom stereocenters. The minimum absolute atomic E-state index is 0.0933. The van der Waals surface area contributed by atoms with Gasteiger partial charge in [0.05, 0.1) is 0 Å². The molecule has 1 saturated carbocycles. The number of carbonyl (C=O) groups is 2. The summed E-state index contributed by atoms with van der Waals surface area (Å²) in [4.78, 5) is 28.7. The molecule has 160 valence electrons. The molecule has 0 radical (unpaired) electrons. The van der Waals surface area contributed by atoms with Crippen molar-refractivity contribution in [3.63, 3.8) is 0 Å². The normalized spacial score (nSPS) is 17.8. The fraction of sp³-hybridized carbons (Fsp3) is 0.333. The molecule has 2 aromatic carbocycles. The Balaban J connectivity index is 1.30. The van der Waals surface area contributed by atoms with E-state index in [0.717, 1.165) is 22.0 Å². The summed E-state index contributed by atoms with van der Waals surface area (Å²) in [6.45, 7) is 1.78. The number of nitrogens with zero attached hydrogens (tertiary/aromatic N) is 3. The van der Waals surface area contributed by atoms with Crippen molar-refractivity contribution in [3.05, 3.63) is 59.2 Å². The number of piperazine rings is 1. The van der Waals surface area contributed by atoms with E-state index < -0.39 is 5.60 Å². The number of amides is 2. The molecule has 1 aliphatic heterocycles. The van der Waals surface area contributed by atoms with Crippen LogP contribution >= 0.6 is 11.6 Å². The molecule has 1 saturated heterocycles. The molecule has 5 rings (SSSR count). The van der Waals surface area contributed by atoms with Gasteiger partial charge in [-0.3, -0.25) is 9.59 Å². The number of carbonyl (C=O) groups excluding carboxylic acids is 2. The molecule has 0 atom stereocenters. The van der Waals surface area contributed by atoms with Gasteiger partial charge in [0.2, 0.25) is 0 Å². The Bertz CT molecular complexity index is 1190. The maximum Gasteiger partial charge on any atom is 0.254 e. The van der Waals surface area contributed by atoms with Crippen LogP contribution in [0, 0.1) is 0 Å². The van der Waals surface area contributed by atoms with E-state index in [1.54, 1.807) is 15.9 Å². The zero-order chi connectivity index (χ0) is 21.8. The second kappa shape index (κ2) is 7.39. The molecule has 2 heterocycles.